The highest BCUT2D eigenvalue weighted by molar-refractivity contribution is 7.88. The van der Waals surface area contributed by atoms with E-state index in [1.807, 2.05) is 30.3 Å². The highest BCUT2D eigenvalue weighted by Gasteiger charge is 2.27. The molecule has 1 saturated carbocycles. The Morgan fingerprint density at radius 1 is 1.36 bits per heavy atom. The van der Waals surface area contributed by atoms with E-state index in [0.717, 1.165) is 10.5 Å². The molecule has 0 amide bonds. The monoisotopic (exact) mass is 206 g/mol. The van der Waals surface area contributed by atoms with Gasteiger partial charge in [-0.05, 0) is 24.3 Å². The van der Waals surface area contributed by atoms with Crippen molar-refractivity contribution in [2.24, 2.45) is 5.92 Å². The van der Waals surface area contributed by atoms with Crippen molar-refractivity contribution < 1.29 is 4.21 Å². The fraction of sp³-hybridized carbons (Fsp3) is 0.333. The van der Waals surface area contributed by atoms with Crippen molar-refractivity contribution in [2.75, 3.05) is 0 Å². The molecule has 0 aromatic heterocycles. The molecular weight excluding hydrogens is 192 g/mol. The predicted molar refractivity (Wildman–Crippen MR) is 60.2 cm³/mol. The second kappa shape index (κ2) is 4.09. The zero-order valence-corrected chi connectivity index (χ0v) is 8.93. The van der Waals surface area contributed by atoms with E-state index in [0.29, 0.717) is 11.7 Å². The van der Waals surface area contributed by atoms with Crippen molar-refractivity contribution in [3.63, 3.8) is 0 Å². The maximum Gasteiger partial charge on any atom is 0.0529 e. The minimum Gasteiger partial charge on any atom is -0.254 e. The van der Waals surface area contributed by atoms with E-state index in [1.165, 1.54) is 12.8 Å². The van der Waals surface area contributed by atoms with Crippen molar-refractivity contribution in [3.8, 4) is 0 Å². The number of hydrogen-bond donors (Lipinski definition) is 0. The van der Waals surface area contributed by atoms with Crippen LogP contribution in [0.25, 0.3) is 0 Å². The van der Waals surface area contributed by atoms with E-state index in [-0.39, 0.29) is 0 Å². The SMILES string of the molecule is C=C(C1CC1)[S@@](=O)Cc1ccccc1. The summed E-state index contributed by atoms with van der Waals surface area (Å²) in [5, 5.41) is 0. The molecule has 2 heteroatoms. The summed E-state index contributed by atoms with van der Waals surface area (Å²) in [5.74, 6) is 1.16. The number of benzene rings is 1. The van der Waals surface area contributed by atoms with Crippen LogP contribution >= 0.6 is 0 Å². The second-order valence-corrected chi connectivity index (χ2v) is 5.22. The molecule has 1 aliphatic rings. The van der Waals surface area contributed by atoms with E-state index in [2.05, 4.69) is 6.58 Å². The lowest BCUT2D eigenvalue weighted by Crippen LogP contribution is -1.99. The van der Waals surface area contributed by atoms with Crippen LogP contribution in [0, 0.1) is 5.92 Å². The lowest BCUT2D eigenvalue weighted by Gasteiger charge is -2.03. The lowest BCUT2D eigenvalue weighted by molar-refractivity contribution is 0.684. The van der Waals surface area contributed by atoms with Crippen molar-refractivity contribution in [1.82, 2.24) is 0 Å². The molecular formula is C12H14OS. The zero-order valence-electron chi connectivity index (χ0n) is 8.11. The van der Waals surface area contributed by atoms with Gasteiger partial charge in [0.05, 0.1) is 16.6 Å². The van der Waals surface area contributed by atoms with Gasteiger partial charge in [0.1, 0.15) is 0 Å². The van der Waals surface area contributed by atoms with E-state index in [9.17, 15) is 4.21 Å². The molecule has 74 valence electrons. The van der Waals surface area contributed by atoms with Crippen LogP contribution in [-0.2, 0) is 16.6 Å². The van der Waals surface area contributed by atoms with Crippen molar-refractivity contribution >= 4 is 10.8 Å². The Balaban J connectivity index is 1.97. The maximum absolute atomic E-state index is 11.8. The first-order chi connectivity index (χ1) is 6.77. The summed E-state index contributed by atoms with van der Waals surface area (Å²) >= 11 is 0. The molecule has 1 nitrogen and oxygen atoms in total. The van der Waals surface area contributed by atoms with Gasteiger partial charge in [-0.3, -0.25) is 4.21 Å². The third-order valence-corrected chi connectivity index (χ3v) is 3.98. The summed E-state index contributed by atoms with van der Waals surface area (Å²) in [6, 6.07) is 9.96. The Morgan fingerprint density at radius 3 is 2.57 bits per heavy atom. The summed E-state index contributed by atoms with van der Waals surface area (Å²) in [4.78, 5) is 0.939. The van der Waals surface area contributed by atoms with Crippen molar-refractivity contribution in [2.45, 2.75) is 18.6 Å². The lowest BCUT2D eigenvalue weighted by atomic mass is 10.2. The predicted octanol–water partition coefficient (Wildman–Crippen LogP) is 2.86. The zero-order chi connectivity index (χ0) is 9.97. The van der Waals surface area contributed by atoms with Crippen LogP contribution in [0.2, 0.25) is 0 Å². The molecule has 0 saturated heterocycles. The van der Waals surface area contributed by atoms with E-state index >= 15 is 0 Å². The average molecular weight is 206 g/mol. The highest BCUT2D eigenvalue weighted by Crippen LogP contribution is 2.37. The molecule has 0 radical (unpaired) electrons. The third-order valence-electron chi connectivity index (χ3n) is 2.47. The van der Waals surface area contributed by atoms with Gasteiger partial charge < -0.3 is 0 Å². The van der Waals surface area contributed by atoms with Gasteiger partial charge in [0.25, 0.3) is 0 Å². The Morgan fingerprint density at radius 2 is 2.00 bits per heavy atom. The van der Waals surface area contributed by atoms with Gasteiger partial charge in [0.2, 0.25) is 0 Å². The van der Waals surface area contributed by atoms with Crippen LogP contribution in [-0.4, -0.2) is 4.21 Å². The number of allylic oxidation sites excluding steroid dienone is 1. The molecule has 0 unspecified atom stereocenters. The van der Waals surface area contributed by atoms with E-state index in [1.54, 1.807) is 0 Å². The molecule has 0 aliphatic heterocycles. The van der Waals surface area contributed by atoms with Crippen molar-refractivity contribution in [3.05, 3.63) is 47.4 Å². The summed E-state index contributed by atoms with van der Waals surface area (Å²) in [5.41, 5.74) is 1.13. The Bertz CT molecular complexity index is 352. The van der Waals surface area contributed by atoms with Gasteiger partial charge in [0.15, 0.2) is 0 Å². The van der Waals surface area contributed by atoms with E-state index in [4.69, 9.17) is 0 Å². The van der Waals surface area contributed by atoms with Crippen LogP contribution in [0.5, 0.6) is 0 Å². The largest absolute Gasteiger partial charge is 0.254 e. The summed E-state index contributed by atoms with van der Waals surface area (Å²) in [7, 11) is -0.878. The average Bonchev–Trinajstić information content (AvgIpc) is 3.01. The fourth-order valence-electron chi connectivity index (χ4n) is 1.41. The van der Waals surface area contributed by atoms with Crippen LogP contribution in [0.15, 0.2) is 41.8 Å². The molecule has 1 fully saturated rings. The third kappa shape index (κ3) is 2.32. The quantitative estimate of drug-likeness (QED) is 0.740. The number of hydrogen-bond acceptors (Lipinski definition) is 1. The molecule has 0 heterocycles. The summed E-state index contributed by atoms with van der Waals surface area (Å²) in [6.07, 6.45) is 2.36. The first-order valence-electron chi connectivity index (χ1n) is 4.88. The first-order valence-corrected chi connectivity index (χ1v) is 6.20. The topological polar surface area (TPSA) is 17.1 Å². The van der Waals surface area contributed by atoms with Crippen molar-refractivity contribution in [1.29, 1.82) is 0 Å². The fourth-order valence-corrected chi connectivity index (χ4v) is 2.70. The summed E-state index contributed by atoms with van der Waals surface area (Å²) in [6.45, 7) is 3.91. The van der Waals surface area contributed by atoms with Crippen LogP contribution in [0.1, 0.15) is 18.4 Å². The van der Waals surface area contributed by atoms with Gasteiger partial charge >= 0.3 is 0 Å². The summed E-state index contributed by atoms with van der Waals surface area (Å²) < 4.78 is 11.8. The second-order valence-electron chi connectivity index (χ2n) is 3.72. The molecule has 14 heavy (non-hydrogen) atoms. The first kappa shape index (κ1) is 9.66. The minimum atomic E-state index is -0.878. The molecule has 1 aromatic rings. The van der Waals surface area contributed by atoms with Crippen LogP contribution in [0.4, 0.5) is 0 Å². The molecule has 2 rings (SSSR count). The molecule has 0 N–H and O–H groups in total. The Labute approximate surface area is 87.3 Å². The maximum atomic E-state index is 11.8. The van der Waals surface area contributed by atoms with Gasteiger partial charge in [-0.25, -0.2) is 0 Å². The van der Waals surface area contributed by atoms with Gasteiger partial charge in [0, 0.05) is 4.91 Å². The number of rotatable bonds is 4. The van der Waals surface area contributed by atoms with Gasteiger partial charge in [-0.2, -0.15) is 0 Å². The minimum absolute atomic E-state index is 0.541. The highest BCUT2D eigenvalue weighted by atomic mass is 32.2. The van der Waals surface area contributed by atoms with Crippen LogP contribution in [0.3, 0.4) is 0 Å². The molecule has 1 aliphatic carbocycles. The van der Waals surface area contributed by atoms with E-state index < -0.39 is 10.8 Å². The Kier molecular flexibility index (Phi) is 2.82. The molecule has 0 bridgehead atoms. The Hall–Kier alpha value is -0.890. The molecule has 1 atom stereocenters. The molecule has 1 aromatic carbocycles. The normalized spacial score (nSPS) is 17.7. The molecule has 0 spiro atoms. The smallest absolute Gasteiger partial charge is 0.0529 e. The standard InChI is InChI=1S/C12H14OS/c1-10(12-7-8-12)14(13)9-11-5-3-2-4-6-11/h2-6,12H,1,7-9H2/t14-/m0/s1. The van der Waals surface area contributed by atoms with Crippen LogP contribution < -0.4 is 0 Å². The van der Waals surface area contributed by atoms with Gasteiger partial charge in [-0.1, -0.05) is 36.9 Å². The van der Waals surface area contributed by atoms with Gasteiger partial charge in [-0.15, -0.1) is 0 Å².